The van der Waals surface area contributed by atoms with Gasteiger partial charge in [0, 0.05) is 74.5 Å². The molecule has 0 spiro atoms. The van der Waals surface area contributed by atoms with Crippen LogP contribution in [-0.4, -0.2) is 57.0 Å². The molecule has 1 aliphatic heterocycles. The van der Waals surface area contributed by atoms with Gasteiger partial charge in [0.15, 0.2) is 0 Å². The van der Waals surface area contributed by atoms with Gasteiger partial charge in [0.1, 0.15) is 5.82 Å². The highest BCUT2D eigenvalue weighted by molar-refractivity contribution is 5.94. The number of anilines is 4. The molecule has 0 radical (unpaired) electrons. The Labute approximate surface area is 190 Å². The Hall–Kier alpha value is -4.18. The standard InChI is InChI=1S/C23H23N9O/c1-15(33)29-17-4-5-26-20(10-17)19-14-25-11-16-12-28-23(31-22(16)19)30-18-2-3-21(27-13-18)32-8-6-24-7-9-32/h2-5,10-14,24H,6-9H2,1H3,(H,26,29,33)(H,28,30,31). The van der Waals surface area contributed by atoms with E-state index in [1.165, 1.54) is 6.92 Å². The van der Waals surface area contributed by atoms with Gasteiger partial charge in [0.2, 0.25) is 11.9 Å². The Morgan fingerprint density at radius 2 is 1.88 bits per heavy atom. The second-order valence-electron chi connectivity index (χ2n) is 7.70. The number of nitrogens with zero attached hydrogens (tertiary/aromatic N) is 6. The van der Waals surface area contributed by atoms with Crippen molar-refractivity contribution in [3.05, 3.63) is 55.2 Å². The Morgan fingerprint density at radius 1 is 1.00 bits per heavy atom. The Kier molecular flexibility index (Phi) is 5.73. The van der Waals surface area contributed by atoms with Crippen LogP contribution in [0.4, 0.5) is 23.1 Å². The van der Waals surface area contributed by atoms with Gasteiger partial charge in [0.05, 0.1) is 23.1 Å². The van der Waals surface area contributed by atoms with Crippen LogP contribution >= 0.6 is 0 Å². The van der Waals surface area contributed by atoms with E-state index in [1.54, 1.807) is 43.1 Å². The SMILES string of the molecule is CC(=O)Nc1ccnc(-c2cncc3cnc(Nc4ccc(N5CCNCC5)nc4)nc23)c1. The third kappa shape index (κ3) is 4.70. The second-order valence-corrected chi connectivity index (χ2v) is 7.70. The lowest BCUT2D eigenvalue weighted by molar-refractivity contribution is -0.114. The quantitative estimate of drug-likeness (QED) is 0.429. The van der Waals surface area contributed by atoms with Gasteiger partial charge < -0.3 is 20.9 Å². The number of pyridine rings is 3. The zero-order chi connectivity index (χ0) is 22.6. The Bertz CT molecular complexity index is 1290. The second kappa shape index (κ2) is 9.13. The minimum Gasteiger partial charge on any atom is -0.354 e. The fourth-order valence-electron chi connectivity index (χ4n) is 3.73. The predicted octanol–water partition coefficient (Wildman–Crippen LogP) is 2.59. The van der Waals surface area contributed by atoms with Gasteiger partial charge in [-0.1, -0.05) is 0 Å². The van der Waals surface area contributed by atoms with E-state index in [0.29, 0.717) is 22.8 Å². The molecule has 166 valence electrons. The molecule has 10 heteroatoms. The summed E-state index contributed by atoms with van der Waals surface area (Å²) in [4.78, 5) is 36.1. The molecular formula is C23H23N9O. The van der Waals surface area contributed by atoms with Gasteiger partial charge in [-0.05, 0) is 24.3 Å². The van der Waals surface area contributed by atoms with E-state index in [4.69, 9.17) is 4.98 Å². The topological polar surface area (TPSA) is 121 Å². The van der Waals surface area contributed by atoms with Crippen molar-refractivity contribution in [3.8, 4) is 11.3 Å². The molecule has 1 fully saturated rings. The molecule has 0 atom stereocenters. The third-order valence-corrected chi connectivity index (χ3v) is 5.29. The van der Waals surface area contributed by atoms with Crippen LogP contribution in [0, 0.1) is 0 Å². The molecule has 0 aliphatic carbocycles. The predicted molar refractivity (Wildman–Crippen MR) is 127 cm³/mol. The molecule has 33 heavy (non-hydrogen) atoms. The largest absolute Gasteiger partial charge is 0.354 e. The van der Waals surface area contributed by atoms with E-state index >= 15 is 0 Å². The highest BCUT2D eigenvalue weighted by Gasteiger charge is 2.13. The summed E-state index contributed by atoms with van der Waals surface area (Å²) in [6.07, 6.45) is 8.58. The van der Waals surface area contributed by atoms with Crippen molar-refractivity contribution in [2.45, 2.75) is 6.92 Å². The van der Waals surface area contributed by atoms with E-state index in [2.05, 4.69) is 40.8 Å². The molecule has 5 rings (SSSR count). The van der Waals surface area contributed by atoms with Crippen LogP contribution < -0.4 is 20.9 Å². The number of carbonyl (C=O) groups is 1. The van der Waals surface area contributed by atoms with Gasteiger partial charge in [-0.3, -0.25) is 14.8 Å². The van der Waals surface area contributed by atoms with Crippen molar-refractivity contribution in [2.24, 2.45) is 0 Å². The number of aromatic nitrogens is 5. The monoisotopic (exact) mass is 441 g/mol. The van der Waals surface area contributed by atoms with E-state index in [9.17, 15) is 4.79 Å². The first-order chi connectivity index (χ1) is 16.2. The molecule has 1 saturated heterocycles. The number of rotatable bonds is 5. The number of piperazine rings is 1. The smallest absolute Gasteiger partial charge is 0.227 e. The highest BCUT2D eigenvalue weighted by Crippen LogP contribution is 2.27. The maximum atomic E-state index is 11.4. The minimum atomic E-state index is -0.145. The molecule has 5 heterocycles. The lowest BCUT2D eigenvalue weighted by Crippen LogP contribution is -2.43. The number of carbonyl (C=O) groups excluding carboxylic acids is 1. The summed E-state index contributed by atoms with van der Waals surface area (Å²) in [5.74, 6) is 1.26. The lowest BCUT2D eigenvalue weighted by Gasteiger charge is -2.28. The molecule has 0 aromatic carbocycles. The van der Waals surface area contributed by atoms with Gasteiger partial charge in [-0.15, -0.1) is 0 Å². The maximum Gasteiger partial charge on any atom is 0.227 e. The summed E-state index contributed by atoms with van der Waals surface area (Å²) in [7, 11) is 0. The molecule has 1 amide bonds. The van der Waals surface area contributed by atoms with Crippen molar-refractivity contribution in [1.82, 2.24) is 30.2 Å². The van der Waals surface area contributed by atoms with Crippen LogP contribution in [0.1, 0.15) is 6.92 Å². The number of hydrogen-bond acceptors (Lipinski definition) is 9. The van der Waals surface area contributed by atoms with Gasteiger partial charge in [-0.2, -0.15) is 0 Å². The highest BCUT2D eigenvalue weighted by atomic mass is 16.1. The molecule has 0 bridgehead atoms. The molecule has 0 unspecified atom stereocenters. The van der Waals surface area contributed by atoms with E-state index in [-0.39, 0.29) is 5.91 Å². The van der Waals surface area contributed by atoms with Crippen LogP contribution in [0.5, 0.6) is 0 Å². The Balaban J connectivity index is 1.42. The van der Waals surface area contributed by atoms with Gasteiger partial charge in [-0.25, -0.2) is 15.0 Å². The average molecular weight is 441 g/mol. The van der Waals surface area contributed by atoms with Crippen molar-refractivity contribution in [2.75, 3.05) is 41.7 Å². The first kappa shape index (κ1) is 20.7. The molecule has 4 aromatic heterocycles. The van der Waals surface area contributed by atoms with Crippen LogP contribution in [0.3, 0.4) is 0 Å². The molecule has 10 nitrogen and oxygen atoms in total. The zero-order valence-electron chi connectivity index (χ0n) is 18.1. The van der Waals surface area contributed by atoms with E-state index < -0.39 is 0 Å². The molecule has 1 aliphatic rings. The third-order valence-electron chi connectivity index (χ3n) is 5.29. The average Bonchev–Trinajstić information content (AvgIpc) is 2.84. The van der Waals surface area contributed by atoms with Gasteiger partial charge in [0.25, 0.3) is 0 Å². The van der Waals surface area contributed by atoms with Crippen LogP contribution in [-0.2, 0) is 4.79 Å². The van der Waals surface area contributed by atoms with Crippen LogP contribution in [0.25, 0.3) is 22.2 Å². The van der Waals surface area contributed by atoms with Gasteiger partial charge >= 0.3 is 0 Å². The fraction of sp³-hybridized carbons (Fsp3) is 0.217. The van der Waals surface area contributed by atoms with Crippen molar-refractivity contribution < 1.29 is 4.79 Å². The lowest BCUT2D eigenvalue weighted by atomic mass is 10.1. The summed E-state index contributed by atoms with van der Waals surface area (Å²) >= 11 is 0. The number of amides is 1. The zero-order valence-corrected chi connectivity index (χ0v) is 18.1. The number of hydrogen-bond donors (Lipinski definition) is 3. The normalized spacial score (nSPS) is 13.7. The molecular weight excluding hydrogens is 418 g/mol. The van der Waals surface area contributed by atoms with Crippen LogP contribution in [0.2, 0.25) is 0 Å². The minimum absolute atomic E-state index is 0.145. The molecule has 0 saturated carbocycles. The van der Waals surface area contributed by atoms with E-state index in [0.717, 1.165) is 48.6 Å². The summed E-state index contributed by atoms with van der Waals surface area (Å²) in [5.41, 5.74) is 3.57. The van der Waals surface area contributed by atoms with Crippen molar-refractivity contribution in [1.29, 1.82) is 0 Å². The first-order valence-electron chi connectivity index (χ1n) is 10.7. The van der Waals surface area contributed by atoms with E-state index in [1.807, 2.05) is 12.1 Å². The van der Waals surface area contributed by atoms with Crippen molar-refractivity contribution >= 4 is 40.0 Å². The number of nitrogens with one attached hydrogen (secondary N) is 3. The van der Waals surface area contributed by atoms with Crippen molar-refractivity contribution in [3.63, 3.8) is 0 Å². The number of fused-ring (bicyclic) bond motifs is 1. The first-order valence-corrected chi connectivity index (χ1v) is 10.7. The summed E-state index contributed by atoms with van der Waals surface area (Å²) < 4.78 is 0. The fourth-order valence-corrected chi connectivity index (χ4v) is 3.73. The summed E-state index contributed by atoms with van der Waals surface area (Å²) in [5, 5.41) is 10.1. The maximum absolute atomic E-state index is 11.4. The molecule has 4 aromatic rings. The van der Waals surface area contributed by atoms with Crippen LogP contribution in [0.15, 0.2) is 55.2 Å². The summed E-state index contributed by atoms with van der Waals surface area (Å²) in [6.45, 7) is 5.29. The summed E-state index contributed by atoms with van der Waals surface area (Å²) in [6, 6.07) is 7.51. The Morgan fingerprint density at radius 3 is 2.67 bits per heavy atom. The molecule has 3 N–H and O–H groups in total.